The van der Waals surface area contributed by atoms with Gasteiger partial charge >= 0.3 is 0 Å². The molecule has 5 heteroatoms. The number of nitrogen functional groups attached to an aromatic ring is 1. The number of nitrogens with two attached hydrogens (primary N) is 1. The van der Waals surface area contributed by atoms with E-state index < -0.39 is 0 Å². The lowest BCUT2D eigenvalue weighted by Gasteiger charge is -2.31. The highest BCUT2D eigenvalue weighted by molar-refractivity contribution is 5.84. The topological polar surface area (TPSA) is 70.9 Å². The fraction of sp³-hybridized carbons (Fsp3) is 0.429. The van der Waals surface area contributed by atoms with Crippen LogP contribution in [0.2, 0.25) is 0 Å². The van der Waals surface area contributed by atoms with Gasteiger partial charge in [-0.25, -0.2) is 4.98 Å². The van der Waals surface area contributed by atoms with Gasteiger partial charge in [0.25, 0.3) is 0 Å². The van der Waals surface area contributed by atoms with E-state index in [1.807, 2.05) is 12.1 Å². The van der Waals surface area contributed by atoms with Crippen molar-refractivity contribution >= 4 is 17.0 Å². The third kappa shape index (κ3) is 1.94. The summed E-state index contributed by atoms with van der Waals surface area (Å²) in [6.45, 7) is 2.11. The van der Waals surface area contributed by atoms with Crippen molar-refractivity contribution in [1.82, 2.24) is 14.5 Å². The van der Waals surface area contributed by atoms with Gasteiger partial charge in [-0.3, -0.25) is 0 Å². The van der Waals surface area contributed by atoms with E-state index in [1.54, 1.807) is 6.07 Å². The monoisotopic (exact) mass is 255 g/mol. The maximum absolute atomic E-state index is 9.14. The van der Waals surface area contributed by atoms with Crippen molar-refractivity contribution in [2.24, 2.45) is 0 Å². The summed E-state index contributed by atoms with van der Waals surface area (Å²) in [6, 6.07) is 8.20. The van der Waals surface area contributed by atoms with Crippen molar-refractivity contribution in [2.75, 3.05) is 25.9 Å². The smallest absolute Gasteiger partial charge is 0.201 e. The minimum atomic E-state index is 0.345. The van der Waals surface area contributed by atoms with Crippen LogP contribution in [0.4, 0.5) is 5.95 Å². The molecule has 0 radical (unpaired) electrons. The predicted molar refractivity (Wildman–Crippen MR) is 74.6 cm³/mol. The van der Waals surface area contributed by atoms with Crippen LogP contribution in [0.15, 0.2) is 18.2 Å². The number of likely N-dealkylation sites (tertiary alicyclic amines) is 1. The zero-order valence-electron chi connectivity index (χ0n) is 11.0. The average Bonchev–Trinajstić information content (AvgIpc) is 2.74. The molecule has 0 saturated carbocycles. The highest BCUT2D eigenvalue weighted by atomic mass is 15.2. The van der Waals surface area contributed by atoms with E-state index in [4.69, 9.17) is 11.0 Å². The number of nitriles is 1. The van der Waals surface area contributed by atoms with Gasteiger partial charge in [-0.2, -0.15) is 5.26 Å². The summed E-state index contributed by atoms with van der Waals surface area (Å²) in [5.74, 6) is 0.512. The van der Waals surface area contributed by atoms with Crippen LogP contribution in [-0.4, -0.2) is 34.6 Å². The van der Waals surface area contributed by atoms with Gasteiger partial charge < -0.3 is 15.2 Å². The number of hydrogen-bond acceptors (Lipinski definition) is 4. The summed E-state index contributed by atoms with van der Waals surface area (Å²) < 4.78 is 2.09. The van der Waals surface area contributed by atoms with E-state index in [-0.39, 0.29) is 0 Å². The molecule has 1 aromatic heterocycles. The molecule has 0 spiro atoms. The van der Waals surface area contributed by atoms with Crippen LogP contribution < -0.4 is 5.73 Å². The Bertz CT molecular complexity index is 652. The first-order valence-corrected chi connectivity index (χ1v) is 6.56. The van der Waals surface area contributed by atoms with Gasteiger partial charge in [0.15, 0.2) is 0 Å². The molecule has 1 atom stereocenters. The summed E-state index contributed by atoms with van der Waals surface area (Å²) >= 11 is 0. The average molecular weight is 255 g/mol. The maximum Gasteiger partial charge on any atom is 0.201 e. The molecule has 0 amide bonds. The number of aromatic nitrogens is 2. The van der Waals surface area contributed by atoms with E-state index in [2.05, 4.69) is 27.6 Å². The molecule has 3 rings (SSSR count). The highest BCUT2D eigenvalue weighted by Crippen LogP contribution is 2.29. The first-order chi connectivity index (χ1) is 9.20. The molecule has 1 fully saturated rings. The molecular formula is C14H17N5. The van der Waals surface area contributed by atoms with Crippen molar-refractivity contribution in [3.05, 3.63) is 23.8 Å². The molecule has 2 aromatic rings. The third-order valence-electron chi connectivity index (χ3n) is 3.83. The molecular weight excluding hydrogens is 238 g/mol. The number of piperidine rings is 1. The van der Waals surface area contributed by atoms with Crippen LogP contribution >= 0.6 is 0 Å². The van der Waals surface area contributed by atoms with Gasteiger partial charge in [0.05, 0.1) is 11.1 Å². The maximum atomic E-state index is 9.14. The molecule has 98 valence electrons. The molecule has 0 aliphatic carbocycles. The molecule has 2 N–H and O–H groups in total. The summed E-state index contributed by atoms with van der Waals surface area (Å²) in [5, 5.41) is 9.14. The second-order valence-electron chi connectivity index (χ2n) is 5.18. The summed E-state index contributed by atoms with van der Waals surface area (Å²) in [7, 11) is 2.13. The van der Waals surface area contributed by atoms with Crippen molar-refractivity contribution in [2.45, 2.75) is 18.9 Å². The third-order valence-corrected chi connectivity index (χ3v) is 3.83. The Labute approximate surface area is 112 Å². The van der Waals surface area contributed by atoms with Gasteiger partial charge in [0.2, 0.25) is 5.95 Å². The Morgan fingerprint density at radius 1 is 1.47 bits per heavy atom. The normalized spacial score (nSPS) is 20.5. The lowest BCUT2D eigenvalue weighted by Crippen LogP contribution is -2.33. The first kappa shape index (κ1) is 12.0. The second kappa shape index (κ2) is 4.56. The molecule has 1 aliphatic heterocycles. The van der Waals surface area contributed by atoms with Crippen LogP contribution in [0.25, 0.3) is 11.0 Å². The van der Waals surface area contributed by atoms with Crippen LogP contribution in [-0.2, 0) is 0 Å². The molecule has 0 bridgehead atoms. The van der Waals surface area contributed by atoms with Crippen molar-refractivity contribution in [1.29, 1.82) is 5.26 Å². The van der Waals surface area contributed by atoms with Crippen LogP contribution in [0.3, 0.4) is 0 Å². The molecule has 1 unspecified atom stereocenters. The Morgan fingerprint density at radius 3 is 3.05 bits per heavy atom. The second-order valence-corrected chi connectivity index (χ2v) is 5.18. The molecule has 19 heavy (non-hydrogen) atoms. The van der Waals surface area contributed by atoms with Crippen molar-refractivity contribution in [3.8, 4) is 6.07 Å². The van der Waals surface area contributed by atoms with Crippen LogP contribution in [0, 0.1) is 11.3 Å². The van der Waals surface area contributed by atoms with Crippen LogP contribution in [0.1, 0.15) is 24.4 Å². The van der Waals surface area contributed by atoms with Gasteiger partial charge in [-0.1, -0.05) is 6.07 Å². The fourth-order valence-corrected chi connectivity index (χ4v) is 2.96. The van der Waals surface area contributed by atoms with Gasteiger partial charge in [0, 0.05) is 12.6 Å². The molecule has 1 aromatic carbocycles. The fourth-order valence-electron chi connectivity index (χ4n) is 2.96. The zero-order chi connectivity index (χ0) is 13.4. The lowest BCUT2D eigenvalue weighted by molar-refractivity contribution is 0.216. The van der Waals surface area contributed by atoms with E-state index in [0.717, 1.165) is 37.0 Å². The number of para-hydroxylation sites is 1. The Hall–Kier alpha value is -2.06. The summed E-state index contributed by atoms with van der Waals surface area (Å²) in [5.41, 5.74) is 8.35. The molecule has 5 nitrogen and oxygen atoms in total. The van der Waals surface area contributed by atoms with Crippen molar-refractivity contribution in [3.63, 3.8) is 0 Å². The number of nitrogens with zero attached hydrogens (tertiary/aromatic N) is 4. The number of benzene rings is 1. The first-order valence-electron chi connectivity index (χ1n) is 6.56. The number of likely N-dealkylation sites (N-methyl/N-ethyl adjacent to an activating group) is 1. The predicted octanol–water partition coefficient (Wildman–Crippen LogP) is 1.76. The van der Waals surface area contributed by atoms with E-state index in [0.29, 0.717) is 17.6 Å². The standard InChI is InChI=1S/C14H17N5/c1-18-7-3-5-11(9-18)19-12-6-2-4-10(8-15)13(12)17-14(19)16/h2,4,6,11H,3,5,7,9H2,1H3,(H2,16,17). The number of anilines is 1. The summed E-state index contributed by atoms with van der Waals surface area (Å²) in [4.78, 5) is 6.70. The molecule has 1 aliphatic rings. The number of hydrogen-bond donors (Lipinski definition) is 1. The minimum absolute atomic E-state index is 0.345. The summed E-state index contributed by atoms with van der Waals surface area (Å²) in [6.07, 6.45) is 2.27. The van der Waals surface area contributed by atoms with Crippen LogP contribution in [0.5, 0.6) is 0 Å². The highest BCUT2D eigenvalue weighted by Gasteiger charge is 2.23. The van der Waals surface area contributed by atoms with E-state index >= 15 is 0 Å². The Kier molecular flexibility index (Phi) is 2.88. The number of fused-ring (bicyclic) bond motifs is 1. The number of imidazole rings is 1. The molecule has 1 saturated heterocycles. The lowest BCUT2D eigenvalue weighted by atomic mass is 10.1. The van der Waals surface area contributed by atoms with E-state index in [9.17, 15) is 0 Å². The Balaban J connectivity index is 2.13. The number of rotatable bonds is 1. The molecule has 2 heterocycles. The quantitative estimate of drug-likeness (QED) is 0.842. The largest absolute Gasteiger partial charge is 0.369 e. The van der Waals surface area contributed by atoms with Crippen molar-refractivity contribution < 1.29 is 0 Å². The van der Waals surface area contributed by atoms with Gasteiger partial charge in [-0.05, 0) is 38.6 Å². The zero-order valence-corrected chi connectivity index (χ0v) is 11.0. The van der Waals surface area contributed by atoms with E-state index in [1.165, 1.54) is 0 Å². The Morgan fingerprint density at radius 2 is 2.32 bits per heavy atom. The SMILES string of the molecule is CN1CCCC(n2c(N)nc3c(C#N)cccc32)C1. The van der Waals surface area contributed by atoms with Gasteiger partial charge in [-0.15, -0.1) is 0 Å². The minimum Gasteiger partial charge on any atom is -0.369 e. The van der Waals surface area contributed by atoms with Gasteiger partial charge in [0.1, 0.15) is 11.6 Å².